The zero-order valence-electron chi connectivity index (χ0n) is 7.64. The van der Waals surface area contributed by atoms with E-state index in [1.165, 1.54) is 13.8 Å². The maximum Gasteiger partial charge on any atom is 0.433 e. The van der Waals surface area contributed by atoms with Crippen LogP contribution in [0.25, 0.3) is 0 Å². The Morgan fingerprint density at radius 1 is 1.43 bits per heavy atom. The third-order valence-corrected chi connectivity index (χ3v) is 1.78. The summed E-state index contributed by atoms with van der Waals surface area (Å²) in [5.41, 5.74) is -0.460. The number of aryl methyl sites for hydroxylation is 1. The van der Waals surface area contributed by atoms with Crippen molar-refractivity contribution in [2.45, 2.75) is 20.0 Å². The standard InChI is InChI=1S/C9H8F3NO/c1-5-3-8(9(10,11)12)13-4-7(5)6(2)14/h3-4H,1-2H3. The van der Waals surface area contributed by atoms with Crippen molar-refractivity contribution in [2.24, 2.45) is 0 Å². The van der Waals surface area contributed by atoms with Gasteiger partial charge >= 0.3 is 6.18 Å². The summed E-state index contributed by atoms with van der Waals surface area (Å²) < 4.78 is 36.5. The number of carbonyl (C=O) groups excluding carboxylic acids is 1. The first kappa shape index (κ1) is 10.7. The number of pyridine rings is 1. The van der Waals surface area contributed by atoms with Crippen LogP contribution in [0.15, 0.2) is 12.3 Å². The van der Waals surface area contributed by atoms with Gasteiger partial charge in [-0.25, -0.2) is 0 Å². The van der Waals surface area contributed by atoms with Crippen molar-refractivity contribution in [3.63, 3.8) is 0 Å². The number of ketones is 1. The van der Waals surface area contributed by atoms with Gasteiger partial charge in [0.15, 0.2) is 5.78 Å². The zero-order chi connectivity index (χ0) is 10.9. The van der Waals surface area contributed by atoms with Crippen LogP contribution < -0.4 is 0 Å². The largest absolute Gasteiger partial charge is 0.433 e. The summed E-state index contributed by atoms with van der Waals surface area (Å²) in [6, 6.07) is 0.872. The lowest BCUT2D eigenvalue weighted by molar-refractivity contribution is -0.141. The highest BCUT2D eigenvalue weighted by molar-refractivity contribution is 5.95. The molecule has 1 aromatic heterocycles. The molecule has 0 aliphatic rings. The topological polar surface area (TPSA) is 30.0 Å². The number of alkyl halides is 3. The Hall–Kier alpha value is -1.39. The van der Waals surface area contributed by atoms with Crippen LogP contribution in [-0.2, 0) is 6.18 Å². The molecule has 1 rings (SSSR count). The number of nitrogens with zero attached hydrogens (tertiary/aromatic N) is 1. The van der Waals surface area contributed by atoms with Gasteiger partial charge in [-0.2, -0.15) is 13.2 Å². The lowest BCUT2D eigenvalue weighted by atomic mass is 10.1. The molecule has 1 aromatic rings. The number of rotatable bonds is 1. The second kappa shape index (κ2) is 3.40. The van der Waals surface area contributed by atoms with Gasteiger partial charge < -0.3 is 0 Å². The molecule has 2 nitrogen and oxygen atoms in total. The average molecular weight is 203 g/mol. The lowest BCUT2D eigenvalue weighted by Gasteiger charge is -2.07. The summed E-state index contributed by atoms with van der Waals surface area (Å²) in [6.45, 7) is 2.74. The molecular weight excluding hydrogens is 195 g/mol. The first-order chi connectivity index (χ1) is 6.32. The summed E-state index contributed by atoms with van der Waals surface area (Å²) >= 11 is 0. The zero-order valence-corrected chi connectivity index (χ0v) is 7.64. The molecule has 0 saturated heterocycles. The van der Waals surface area contributed by atoms with Crippen molar-refractivity contribution < 1.29 is 18.0 Å². The summed E-state index contributed by atoms with van der Waals surface area (Å²) in [5, 5.41) is 0. The second-order valence-corrected chi connectivity index (χ2v) is 2.94. The van der Waals surface area contributed by atoms with Crippen LogP contribution in [0, 0.1) is 6.92 Å². The highest BCUT2D eigenvalue weighted by atomic mass is 19.4. The molecule has 1 heterocycles. The summed E-state index contributed by atoms with van der Waals surface area (Å²) in [6.07, 6.45) is -3.50. The molecule has 0 saturated carbocycles. The normalized spacial score (nSPS) is 11.5. The number of Topliss-reactive ketones (excluding diaryl/α,β-unsaturated/α-hetero) is 1. The van der Waals surface area contributed by atoms with Crippen molar-refractivity contribution in [1.29, 1.82) is 0 Å². The average Bonchev–Trinajstić information content (AvgIpc) is 2.01. The monoisotopic (exact) mass is 203 g/mol. The molecule has 0 spiro atoms. The molecule has 0 atom stereocenters. The maximum absolute atomic E-state index is 12.2. The molecule has 14 heavy (non-hydrogen) atoms. The third-order valence-electron chi connectivity index (χ3n) is 1.78. The molecule has 0 N–H and O–H groups in total. The molecule has 0 unspecified atom stereocenters. The highest BCUT2D eigenvalue weighted by Gasteiger charge is 2.32. The van der Waals surface area contributed by atoms with Crippen LogP contribution in [0.4, 0.5) is 13.2 Å². The van der Waals surface area contributed by atoms with Crippen molar-refractivity contribution >= 4 is 5.78 Å². The van der Waals surface area contributed by atoms with Crippen LogP contribution in [-0.4, -0.2) is 10.8 Å². The minimum atomic E-state index is -4.46. The van der Waals surface area contributed by atoms with E-state index in [1.54, 1.807) is 0 Å². The minimum Gasteiger partial charge on any atom is -0.294 e. The number of halogens is 3. The van der Waals surface area contributed by atoms with E-state index in [-0.39, 0.29) is 11.3 Å². The van der Waals surface area contributed by atoms with E-state index in [1.807, 2.05) is 0 Å². The Balaban J connectivity index is 3.20. The fourth-order valence-corrected chi connectivity index (χ4v) is 1.08. The van der Waals surface area contributed by atoms with Gasteiger partial charge in [-0.1, -0.05) is 0 Å². The summed E-state index contributed by atoms with van der Waals surface area (Å²) in [7, 11) is 0. The Morgan fingerprint density at radius 2 is 2.00 bits per heavy atom. The van der Waals surface area contributed by atoms with Gasteiger partial charge in [-0.15, -0.1) is 0 Å². The second-order valence-electron chi connectivity index (χ2n) is 2.94. The molecular formula is C9H8F3NO. The van der Waals surface area contributed by atoms with Crippen molar-refractivity contribution in [1.82, 2.24) is 4.98 Å². The Bertz CT molecular complexity index is 371. The van der Waals surface area contributed by atoms with Gasteiger partial charge in [0.05, 0.1) is 0 Å². The molecule has 0 aliphatic carbocycles. The fourth-order valence-electron chi connectivity index (χ4n) is 1.08. The smallest absolute Gasteiger partial charge is 0.294 e. The molecule has 76 valence electrons. The van der Waals surface area contributed by atoms with Gasteiger partial charge in [0, 0.05) is 11.8 Å². The highest BCUT2D eigenvalue weighted by Crippen LogP contribution is 2.28. The van der Waals surface area contributed by atoms with Gasteiger partial charge in [0.25, 0.3) is 0 Å². The molecule has 5 heteroatoms. The fraction of sp³-hybridized carbons (Fsp3) is 0.333. The summed E-state index contributed by atoms with van der Waals surface area (Å²) in [4.78, 5) is 14.1. The molecule has 0 fully saturated rings. The van der Waals surface area contributed by atoms with E-state index in [0.29, 0.717) is 5.56 Å². The predicted octanol–water partition coefficient (Wildman–Crippen LogP) is 2.61. The third kappa shape index (κ3) is 2.10. The molecule has 0 amide bonds. The molecule has 0 aromatic carbocycles. The first-order valence-electron chi connectivity index (χ1n) is 3.87. The SMILES string of the molecule is CC(=O)c1cnc(C(F)(F)F)cc1C. The van der Waals surface area contributed by atoms with E-state index in [4.69, 9.17) is 0 Å². The number of hydrogen-bond acceptors (Lipinski definition) is 2. The minimum absolute atomic E-state index is 0.220. The van der Waals surface area contributed by atoms with Crippen molar-refractivity contribution in [2.75, 3.05) is 0 Å². The van der Waals surface area contributed by atoms with Crippen LogP contribution in [0.1, 0.15) is 28.5 Å². The Morgan fingerprint density at radius 3 is 2.36 bits per heavy atom. The van der Waals surface area contributed by atoms with E-state index < -0.39 is 11.9 Å². The van der Waals surface area contributed by atoms with Gasteiger partial charge in [-0.05, 0) is 25.5 Å². The maximum atomic E-state index is 12.2. The van der Waals surface area contributed by atoms with Gasteiger partial charge in [0.1, 0.15) is 5.69 Å². The Kier molecular flexibility index (Phi) is 2.59. The number of hydrogen-bond donors (Lipinski definition) is 0. The molecule has 0 bridgehead atoms. The lowest BCUT2D eigenvalue weighted by Crippen LogP contribution is -2.10. The van der Waals surface area contributed by atoms with E-state index >= 15 is 0 Å². The van der Waals surface area contributed by atoms with E-state index in [2.05, 4.69) is 4.98 Å². The van der Waals surface area contributed by atoms with Crippen LogP contribution >= 0.6 is 0 Å². The number of carbonyl (C=O) groups is 1. The van der Waals surface area contributed by atoms with Gasteiger partial charge in [-0.3, -0.25) is 9.78 Å². The molecule has 0 aliphatic heterocycles. The van der Waals surface area contributed by atoms with Crippen LogP contribution in [0.2, 0.25) is 0 Å². The van der Waals surface area contributed by atoms with Gasteiger partial charge in [0.2, 0.25) is 0 Å². The predicted molar refractivity (Wildman–Crippen MR) is 44.0 cm³/mol. The van der Waals surface area contributed by atoms with Crippen molar-refractivity contribution in [3.8, 4) is 0 Å². The van der Waals surface area contributed by atoms with Crippen molar-refractivity contribution in [3.05, 3.63) is 29.1 Å². The Labute approximate surface area is 78.8 Å². The summed E-state index contributed by atoms with van der Waals surface area (Å²) in [5.74, 6) is -0.288. The van der Waals surface area contributed by atoms with E-state index in [0.717, 1.165) is 12.3 Å². The van der Waals surface area contributed by atoms with Crippen LogP contribution in [0.3, 0.4) is 0 Å². The van der Waals surface area contributed by atoms with Crippen LogP contribution in [0.5, 0.6) is 0 Å². The van der Waals surface area contributed by atoms with E-state index in [9.17, 15) is 18.0 Å². The quantitative estimate of drug-likeness (QED) is 0.656. The molecule has 0 radical (unpaired) electrons. The first-order valence-corrected chi connectivity index (χ1v) is 3.87. The number of aromatic nitrogens is 1.